The van der Waals surface area contributed by atoms with E-state index in [1.165, 1.54) is 0 Å². The third kappa shape index (κ3) is 3.22. The average molecular weight is 178 g/mol. The first-order chi connectivity index (χ1) is 4.89. The lowest BCUT2D eigenvalue weighted by atomic mass is 10.0. The van der Waals surface area contributed by atoms with Crippen molar-refractivity contribution in [3.8, 4) is 0 Å². The Balaban J connectivity index is 4.34. The Morgan fingerprint density at radius 3 is 2.27 bits per heavy atom. The van der Waals surface area contributed by atoms with Gasteiger partial charge in [0.15, 0.2) is 6.04 Å². The predicted octanol–water partition coefficient (Wildman–Crippen LogP) is 0.419. The zero-order valence-corrected chi connectivity index (χ0v) is 7.13. The minimum Gasteiger partial charge on any atom is -0.480 e. The van der Waals surface area contributed by atoms with Crippen molar-refractivity contribution in [3.63, 3.8) is 0 Å². The number of carboxylic acids is 1. The average Bonchev–Trinajstić information content (AvgIpc) is 1.79. The molecule has 6 heteroatoms. The van der Waals surface area contributed by atoms with Gasteiger partial charge in [-0.2, -0.15) is 12.6 Å². The third-order valence-corrected chi connectivity index (χ3v) is 1.39. The van der Waals surface area contributed by atoms with Gasteiger partial charge in [0.25, 0.3) is 0 Å². The van der Waals surface area contributed by atoms with Gasteiger partial charge in [-0.25, -0.2) is 4.79 Å². The highest BCUT2D eigenvalue weighted by Crippen LogP contribution is 2.17. The van der Waals surface area contributed by atoms with E-state index in [1.807, 2.05) is 5.43 Å². The highest BCUT2D eigenvalue weighted by molar-refractivity contribution is 7.81. The van der Waals surface area contributed by atoms with Crippen molar-refractivity contribution in [1.29, 1.82) is 0 Å². The Hall–Kier alpha value is -0.780. The van der Waals surface area contributed by atoms with Gasteiger partial charge in [-0.1, -0.05) is 0 Å². The smallest absolute Gasteiger partial charge is 0.329 e. The molecule has 0 aromatic rings. The van der Waals surface area contributed by atoms with Crippen LogP contribution in [0.3, 0.4) is 0 Å². The number of nitrogens with one attached hydrogen (secondary N) is 1. The molecule has 0 aromatic carbocycles. The molecule has 64 valence electrons. The molecule has 0 unspecified atom stereocenters. The second kappa shape index (κ2) is 3.56. The van der Waals surface area contributed by atoms with Gasteiger partial charge >= 0.3 is 5.97 Å². The van der Waals surface area contributed by atoms with Crippen LogP contribution in [0.4, 0.5) is 0 Å². The van der Waals surface area contributed by atoms with Crippen LogP contribution in [0.1, 0.15) is 13.8 Å². The van der Waals surface area contributed by atoms with Crippen LogP contribution in [0, 0.1) is 4.91 Å². The summed E-state index contributed by atoms with van der Waals surface area (Å²) in [4.78, 5) is 20.1. The molecule has 0 radical (unpaired) electrons. The highest BCUT2D eigenvalue weighted by Gasteiger charge is 2.32. The number of nitroso groups, excluding NO2 is 1. The SMILES string of the molecule is CC(C)(S)[C@H](NN=O)C(=O)O. The summed E-state index contributed by atoms with van der Waals surface area (Å²) < 4.78 is -0.820. The fourth-order valence-corrected chi connectivity index (χ4v) is 0.736. The zero-order valence-electron chi connectivity index (χ0n) is 6.24. The minimum absolute atomic E-state index is 0.820. The fourth-order valence-electron chi connectivity index (χ4n) is 0.568. The fraction of sp³-hybridized carbons (Fsp3) is 0.800. The van der Waals surface area contributed by atoms with Gasteiger partial charge in [0.2, 0.25) is 0 Å². The number of rotatable bonds is 4. The number of hydrogen-bond acceptors (Lipinski definition) is 4. The molecule has 0 amide bonds. The Labute approximate surface area is 69.5 Å². The minimum atomic E-state index is -1.15. The van der Waals surface area contributed by atoms with Crippen LogP contribution in [0.25, 0.3) is 0 Å². The van der Waals surface area contributed by atoms with E-state index in [0.29, 0.717) is 0 Å². The van der Waals surface area contributed by atoms with Gasteiger partial charge < -0.3 is 5.11 Å². The number of thiol groups is 1. The van der Waals surface area contributed by atoms with Gasteiger partial charge in [-0.05, 0) is 13.8 Å². The van der Waals surface area contributed by atoms with E-state index in [0.717, 1.165) is 0 Å². The standard InChI is InChI=1S/C5H10N2O3S/c1-5(2,11)3(4(8)9)6-7-10/h3,11H,1-2H3,(H,6,10)(H,8,9)/t3-/m1/s1. The first kappa shape index (κ1) is 10.2. The van der Waals surface area contributed by atoms with Crippen LogP contribution in [-0.4, -0.2) is 21.9 Å². The van der Waals surface area contributed by atoms with Gasteiger partial charge in [-0.15, -0.1) is 4.91 Å². The molecular weight excluding hydrogens is 168 g/mol. The van der Waals surface area contributed by atoms with Crippen LogP contribution < -0.4 is 5.43 Å². The second-order valence-electron chi connectivity index (χ2n) is 2.65. The lowest BCUT2D eigenvalue weighted by molar-refractivity contribution is -0.140. The van der Waals surface area contributed by atoms with Crippen LogP contribution in [0.2, 0.25) is 0 Å². The van der Waals surface area contributed by atoms with Crippen LogP contribution in [-0.2, 0) is 4.79 Å². The van der Waals surface area contributed by atoms with E-state index in [-0.39, 0.29) is 0 Å². The molecule has 0 spiro atoms. The molecule has 0 fully saturated rings. The topological polar surface area (TPSA) is 78.8 Å². The monoisotopic (exact) mass is 178 g/mol. The van der Waals surface area contributed by atoms with Crippen molar-refractivity contribution in [1.82, 2.24) is 5.43 Å². The summed E-state index contributed by atoms with van der Waals surface area (Å²) in [6.07, 6.45) is 0. The van der Waals surface area contributed by atoms with Crippen molar-refractivity contribution in [2.24, 2.45) is 5.29 Å². The van der Waals surface area contributed by atoms with Crippen LogP contribution >= 0.6 is 12.6 Å². The molecule has 1 atom stereocenters. The van der Waals surface area contributed by atoms with Gasteiger partial charge in [0.05, 0.1) is 5.29 Å². The molecule has 0 aromatic heterocycles. The molecule has 11 heavy (non-hydrogen) atoms. The maximum absolute atomic E-state index is 10.4. The summed E-state index contributed by atoms with van der Waals surface area (Å²) >= 11 is 3.98. The summed E-state index contributed by atoms with van der Waals surface area (Å²) in [7, 11) is 0. The molecule has 0 rings (SSSR count). The van der Waals surface area contributed by atoms with Crippen LogP contribution in [0.5, 0.6) is 0 Å². The molecule has 0 saturated carbocycles. The molecular formula is C5H10N2O3S. The summed E-state index contributed by atoms with van der Waals surface area (Å²) in [5.74, 6) is -1.15. The highest BCUT2D eigenvalue weighted by atomic mass is 32.1. The predicted molar refractivity (Wildman–Crippen MR) is 43.4 cm³/mol. The molecule has 0 saturated heterocycles. The quantitative estimate of drug-likeness (QED) is 0.331. The van der Waals surface area contributed by atoms with Gasteiger partial charge in [0.1, 0.15) is 0 Å². The first-order valence-electron chi connectivity index (χ1n) is 2.92. The molecule has 0 aliphatic rings. The lowest BCUT2D eigenvalue weighted by Gasteiger charge is -2.23. The molecule has 0 heterocycles. The molecule has 0 aliphatic heterocycles. The number of carbonyl (C=O) groups is 1. The van der Waals surface area contributed by atoms with Gasteiger partial charge in [0, 0.05) is 4.75 Å². The van der Waals surface area contributed by atoms with E-state index in [2.05, 4.69) is 17.9 Å². The number of nitrogens with zero attached hydrogens (tertiary/aromatic N) is 1. The van der Waals surface area contributed by atoms with Crippen molar-refractivity contribution in [2.75, 3.05) is 0 Å². The summed E-state index contributed by atoms with van der Waals surface area (Å²) in [6, 6.07) is -1.07. The Kier molecular flexibility index (Phi) is 3.31. The van der Waals surface area contributed by atoms with E-state index < -0.39 is 16.8 Å². The first-order valence-corrected chi connectivity index (χ1v) is 3.37. The molecule has 5 nitrogen and oxygen atoms in total. The summed E-state index contributed by atoms with van der Waals surface area (Å²) in [6.45, 7) is 3.15. The largest absolute Gasteiger partial charge is 0.480 e. The lowest BCUT2D eigenvalue weighted by Crippen LogP contribution is -2.46. The zero-order chi connectivity index (χ0) is 9.07. The molecule has 0 bridgehead atoms. The number of carboxylic acid groups (broad SMARTS) is 1. The van der Waals surface area contributed by atoms with Crippen molar-refractivity contribution >= 4 is 18.6 Å². The van der Waals surface area contributed by atoms with Crippen molar-refractivity contribution in [2.45, 2.75) is 24.6 Å². The summed E-state index contributed by atoms with van der Waals surface area (Å²) in [5, 5.41) is 10.8. The van der Waals surface area contributed by atoms with Crippen molar-refractivity contribution in [3.05, 3.63) is 4.91 Å². The summed E-state index contributed by atoms with van der Waals surface area (Å²) in [5.41, 5.74) is 1.92. The van der Waals surface area contributed by atoms with Gasteiger partial charge in [-0.3, -0.25) is 5.43 Å². The Morgan fingerprint density at radius 1 is 1.73 bits per heavy atom. The second-order valence-corrected chi connectivity index (χ2v) is 3.80. The Bertz CT molecular complexity index is 166. The number of hydrogen-bond donors (Lipinski definition) is 3. The maximum atomic E-state index is 10.4. The third-order valence-electron chi connectivity index (χ3n) is 1.14. The van der Waals surface area contributed by atoms with E-state index in [1.54, 1.807) is 13.8 Å². The van der Waals surface area contributed by atoms with Crippen molar-refractivity contribution < 1.29 is 9.90 Å². The molecule has 0 aliphatic carbocycles. The van der Waals surface area contributed by atoms with E-state index >= 15 is 0 Å². The van der Waals surface area contributed by atoms with E-state index in [4.69, 9.17) is 5.11 Å². The Morgan fingerprint density at radius 2 is 2.18 bits per heavy atom. The normalized spacial score (nSPS) is 13.7. The number of aliphatic carboxylic acids is 1. The molecule has 2 N–H and O–H groups in total. The van der Waals surface area contributed by atoms with Crippen LogP contribution in [0.15, 0.2) is 5.29 Å². The maximum Gasteiger partial charge on any atom is 0.329 e. The van der Waals surface area contributed by atoms with E-state index in [9.17, 15) is 9.70 Å².